The highest BCUT2D eigenvalue weighted by atomic mass is 16.1. The molecule has 2 heteroatoms. The molecule has 0 saturated carbocycles. The van der Waals surface area contributed by atoms with Crippen LogP contribution in [0.25, 0.3) is 0 Å². The molecule has 0 unspecified atom stereocenters. The first-order chi connectivity index (χ1) is 6.38. The summed E-state index contributed by atoms with van der Waals surface area (Å²) in [6.45, 7) is 0. The number of ketones is 1. The number of nitrogens with one attached hydrogen (secondary N) is 1. The van der Waals surface area contributed by atoms with Gasteiger partial charge in [-0.15, -0.1) is 0 Å². The van der Waals surface area contributed by atoms with E-state index in [1.807, 2.05) is 30.3 Å². The summed E-state index contributed by atoms with van der Waals surface area (Å²) in [6.07, 6.45) is 3.45. The smallest absolute Gasteiger partial charge is 0.194 e. The summed E-state index contributed by atoms with van der Waals surface area (Å²) < 4.78 is 0. The second kappa shape index (κ2) is 3.27. The lowest BCUT2D eigenvalue weighted by Gasteiger charge is -1.95. The first-order valence-electron chi connectivity index (χ1n) is 4.10. The Balaban J connectivity index is 2.34. The number of H-pyrrole nitrogens is 1. The molecule has 64 valence electrons. The summed E-state index contributed by atoms with van der Waals surface area (Å²) in [5.41, 5.74) is 1.42. The number of carbonyl (C=O) groups is 1. The zero-order valence-electron chi connectivity index (χ0n) is 7.03. The monoisotopic (exact) mass is 171 g/mol. The van der Waals surface area contributed by atoms with Gasteiger partial charge >= 0.3 is 0 Å². The fourth-order valence-electron chi connectivity index (χ4n) is 1.22. The van der Waals surface area contributed by atoms with Gasteiger partial charge in [-0.2, -0.15) is 0 Å². The van der Waals surface area contributed by atoms with Gasteiger partial charge in [-0.1, -0.05) is 30.3 Å². The highest BCUT2D eigenvalue weighted by Gasteiger charge is 2.07. The Labute approximate surface area is 76.2 Å². The van der Waals surface area contributed by atoms with E-state index in [1.165, 1.54) is 0 Å². The second-order valence-electron chi connectivity index (χ2n) is 2.79. The highest BCUT2D eigenvalue weighted by Crippen LogP contribution is 2.07. The van der Waals surface area contributed by atoms with Crippen molar-refractivity contribution in [2.75, 3.05) is 0 Å². The van der Waals surface area contributed by atoms with Crippen LogP contribution in [0.2, 0.25) is 0 Å². The minimum Gasteiger partial charge on any atom is -0.367 e. The Kier molecular flexibility index (Phi) is 1.96. The number of carbonyl (C=O) groups excluding carboxylic acids is 1. The van der Waals surface area contributed by atoms with Gasteiger partial charge in [-0.3, -0.25) is 4.79 Å². The molecule has 0 aliphatic rings. The van der Waals surface area contributed by atoms with Gasteiger partial charge in [0, 0.05) is 23.5 Å². The number of hydrogen-bond donors (Lipinski definition) is 1. The molecule has 0 aliphatic carbocycles. The Morgan fingerprint density at radius 1 is 1.00 bits per heavy atom. The molecule has 0 amide bonds. The van der Waals surface area contributed by atoms with Crippen molar-refractivity contribution in [3.8, 4) is 0 Å². The molecule has 2 rings (SSSR count). The average molecular weight is 171 g/mol. The fraction of sp³-hybridized carbons (Fsp3) is 0. The largest absolute Gasteiger partial charge is 0.367 e. The van der Waals surface area contributed by atoms with E-state index in [9.17, 15) is 4.79 Å². The van der Waals surface area contributed by atoms with Gasteiger partial charge in [0.1, 0.15) is 0 Å². The van der Waals surface area contributed by atoms with E-state index >= 15 is 0 Å². The lowest BCUT2D eigenvalue weighted by atomic mass is 10.1. The molecular formula is C11H9NO. The molecule has 0 radical (unpaired) electrons. The maximum Gasteiger partial charge on any atom is 0.194 e. The maximum absolute atomic E-state index is 11.7. The summed E-state index contributed by atoms with van der Waals surface area (Å²) in [5, 5.41) is 0. The number of hydrogen-bond acceptors (Lipinski definition) is 1. The topological polar surface area (TPSA) is 32.9 Å². The van der Waals surface area contributed by atoms with Crippen molar-refractivity contribution in [2.45, 2.75) is 0 Å². The van der Waals surface area contributed by atoms with E-state index in [1.54, 1.807) is 18.5 Å². The van der Waals surface area contributed by atoms with Crippen molar-refractivity contribution >= 4 is 5.78 Å². The average Bonchev–Trinajstić information content (AvgIpc) is 2.71. The Morgan fingerprint density at radius 2 is 1.77 bits per heavy atom. The van der Waals surface area contributed by atoms with Crippen molar-refractivity contribution in [3.05, 3.63) is 59.9 Å². The van der Waals surface area contributed by atoms with Crippen LogP contribution in [-0.4, -0.2) is 10.8 Å². The number of benzene rings is 1. The van der Waals surface area contributed by atoms with Crippen molar-refractivity contribution in [1.29, 1.82) is 0 Å². The van der Waals surface area contributed by atoms with Crippen LogP contribution >= 0.6 is 0 Å². The molecule has 0 spiro atoms. The zero-order chi connectivity index (χ0) is 9.10. The SMILES string of the molecule is O=C(c1ccccc1)c1cc[nH]c1. The van der Waals surface area contributed by atoms with Gasteiger partial charge in [-0.25, -0.2) is 0 Å². The molecule has 13 heavy (non-hydrogen) atoms. The van der Waals surface area contributed by atoms with Gasteiger partial charge in [0.2, 0.25) is 0 Å². The summed E-state index contributed by atoms with van der Waals surface area (Å²) in [4.78, 5) is 14.5. The van der Waals surface area contributed by atoms with E-state index in [0.29, 0.717) is 5.56 Å². The van der Waals surface area contributed by atoms with E-state index in [2.05, 4.69) is 4.98 Å². The molecule has 1 N–H and O–H groups in total. The fourth-order valence-corrected chi connectivity index (χ4v) is 1.22. The van der Waals surface area contributed by atoms with Crippen molar-refractivity contribution in [3.63, 3.8) is 0 Å². The van der Waals surface area contributed by atoms with Crippen molar-refractivity contribution in [1.82, 2.24) is 4.98 Å². The molecular weight excluding hydrogens is 162 g/mol. The standard InChI is InChI=1S/C11H9NO/c13-11(10-6-7-12-8-10)9-4-2-1-3-5-9/h1-8,12H. The second-order valence-corrected chi connectivity index (χ2v) is 2.79. The van der Waals surface area contributed by atoms with Crippen molar-refractivity contribution < 1.29 is 4.79 Å². The Morgan fingerprint density at radius 3 is 2.38 bits per heavy atom. The predicted molar refractivity (Wildman–Crippen MR) is 50.7 cm³/mol. The Hall–Kier alpha value is -1.83. The van der Waals surface area contributed by atoms with E-state index in [-0.39, 0.29) is 5.78 Å². The van der Waals surface area contributed by atoms with E-state index in [0.717, 1.165) is 5.56 Å². The van der Waals surface area contributed by atoms with Gasteiger partial charge in [-0.05, 0) is 6.07 Å². The molecule has 1 aromatic heterocycles. The summed E-state index contributed by atoms with van der Waals surface area (Å²) >= 11 is 0. The van der Waals surface area contributed by atoms with Crippen molar-refractivity contribution in [2.24, 2.45) is 0 Å². The number of aromatic amines is 1. The van der Waals surface area contributed by atoms with Crippen LogP contribution in [0.4, 0.5) is 0 Å². The molecule has 1 heterocycles. The molecule has 2 aromatic rings. The summed E-state index contributed by atoms with van der Waals surface area (Å²) in [7, 11) is 0. The van der Waals surface area contributed by atoms with E-state index in [4.69, 9.17) is 0 Å². The predicted octanol–water partition coefficient (Wildman–Crippen LogP) is 2.25. The number of rotatable bonds is 2. The maximum atomic E-state index is 11.7. The molecule has 1 aromatic carbocycles. The quantitative estimate of drug-likeness (QED) is 0.690. The molecule has 0 bridgehead atoms. The molecule has 0 atom stereocenters. The minimum absolute atomic E-state index is 0.0573. The van der Waals surface area contributed by atoms with Gasteiger partial charge in [0.25, 0.3) is 0 Å². The molecule has 0 saturated heterocycles. The van der Waals surface area contributed by atoms with Crippen LogP contribution in [0.3, 0.4) is 0 Å². The van der Waals surface area contributed by atoms with Crippen LogP contribution in [0, 0.1) is 0 Å². The van der Waals surface area contributed by atoms with Crippen LogP contribution in [0.15, 0.2) is 48.8 Å². The Bertz CT molecular complexity index is 389. The third kappa shape index (κ3) is 1.51. The molecule has 0 fully saturated rings. The third-order valence-corrected chi connectivity index (χ3v) is 1.90. The van der Waals surface area contributed by atoms with E-state index < -0.39 is 0 Å². The van der Waals surface area contributed by atoms with Crippen LogP contribution < -0.4 is 0 Å². The van der Waals surface area contributed by atoms with Crippen LogP contribution in [-0.2, 0) is 0 Å². The highest BCUT2D eigenvalue weighted by molar-refractivity contribution is 6.08. The zero-order valence-corrected chi connectivity index (χ0v) is 7.03. The third-order valence-electron chi connectivity index (χ3n) is 1.90. The molecule has 2 nitrogen and oxygen atoms in total. The number of aromatic nitrogens is 1. The lowest BCUT2D eigenvalue weighted by Crippen LogP contribution is -1.98. The van der Waals surface area contributed by atoms with Crippen LogP contribution in [0.5, 0.6) is 0 Å². The van der Waals surface area contributed by atoms with Gasteiger partial charge < -0.3 is 4.98 Å². The minimum atomic E-state index is 0.0573. The molecule has 0 aliphatic heterocycles. The summed E-state index contributed by atoms with van der Waals surface area (Å²) in [6, 6.07) is 11.0. The van der Waals surface area contributed by atoms with Gasteiger partial charge in [0.15, 0.2) is 5.78 Å². The van der Waals surface area contributed by atoms with Crippen LogP contribution in [0.1, 0.15) is 15.9 Å². The normalized spacial score (nSPS) is 9.85. The van der Waals surface area contributed by atoms with Gasteiger partial charge in [0.05, 0.1) is 0 Å². The first-order valence-corrected chi connectivity index (χ1v) is 4.10. The first kappa shape index (κ1) is 7.80. The summed E-state index contributed by atoms with van der Waals surface area (Å²) in [5.74, 6) is 0.0573. The lowest BCUT2D eigenvalue weighted by molar-refractivity contribution is 0.103.